The Hall–Kier alpha value is -1.69. The largest absolute Gasteiger partial charge is 0.328 e. The summed E-state index contributed by atoms with van der Waals surface area (Å²) in [4.78, 5) is 13.9. The van der Waals surface area contributed by atoms with E-state index in [0.717, 1.165) is 11.3 Å². The van der Waals surface area contributed by atoms with Gasteiger partial charge in [-0.15, -0.1) is 0 Å². The summed E-state index contributed by atoms with van der Waals surface area (Å²) in [6, 6.07) is 0. The molecule has 19 heavy (non-hydrogen) atoms. The lowest BCUT2D eigenvalue weighted by molar-refractivity contribution is -0.122. The molecule has 2 rings (SSSR count). The summed E-state index contributed by atoms with van der Waals surface area (Å²) in [7, 11) is 1.86. The van der Waals surface area contributed by atoms with E-state index in [4.69, 9.17) is 12.2 Å². The van der Waals surface area contributed by atoms with E-state index >= 15 is 0 Å². The summed E-state index contributed by atoms with van der Waals surface area (Å²) in [6.07, 6.45) is 3.68. The second-order valence-electron chi connectivity index (χ2n) is 5.14. The topological polar surface area (TPSA) is 50.2 Å². The molecule has 0 aromatic carbocycles. The van der Waals surface area contributed by atoms with E-state index in [-0.39, 0.29) is 5.91 Å². The van der Waals surface area contributed by atoms with Crippen LogP contribution in [0, 0.1) is 12.8 Å². The van der Waals surface area contributed by atoms with Gasteiger partial charge in [0, 0.05) is 25.4 Å². The lowest BCUT2D eigenvalue weighted by atomic mass is 10.2. The Balaban J connectivity index is 2.25. The molecule has 0 bridgehead atoms. The number of hydrogen-bond acceptors (Lipinski definition) is 3. The molecular weight excluding hydrogens is 260 g/mol. The number of hydrogen-bond donors (Lipinski definition) is 1. The molecule has 1 aromatic rings. The summed E-state index contributed by atoms with van der Waals surface area (Å²) in [6.45, 7) is 6.66. The predicted molar refractivity (Wildman–Crippen MR) is 78.2 cm³/mol. The van der Waals surface area contributed by atoms with E-state index in [0.29, 0.717) is 23.3 Å². The number of nitrogens with one attached hydrogen (secondary N) is 1. The van der Waals surface area contributed by atoms with Gasteiger partial charge in [0.05, 0.1) is 5.69 Å². The summed E-state index contributed by atoms with van der Waals surface area (Å²) in [5.74, 6) is 0.310. The summed E-state index contributed by atoms with van der Waals surface area (Å²) < 4.78 is 1.73. The third-order valence-electron chi connectivity index (χ3n) is 2.86. The van der Waals surface area contributed by atoms with Crippen LogP contribution in [0.3, 0.4) is 0 Å². The van der Waals surface area contributed by atoms with Crippen LogP contribution in [0.25, 0.3) is 6.08 Å². The van der Waals surface area contributed by atoms with Crippen LogP contribution in [-0.2, 0) is 11.8 Å². The van der Waals surface area contributed by atoms with Crippen LogP contribution in [0.2, 0.25) is 0 Å². The summed E-state index contributed by atoms with van der Waals surface area (Å²) in [5.41, 5.74) is 2.33. The number of aromatic nitrogens is 2. The van der Waals surface area contributed by atoms with E-state index < -0.39 is 0 Å². The monoisotopic (exact) mass is 278 g/mol. The van der Waals surface area contributed by atoms with Crippen molar-refractivity contribution in [1.29, 1.82) is 0 Å². The van der Waals surface area contributed by atoms with Crippen LogP contribution in [-0.4, -0.2) is 32.2 Å². The van der Waals surface area contributed by atoms with Crippen LogP contribution in [0.5, 0.6) is 0 Å². The van der Waals surface area contributed by atoms with Gasteiger partial charge >= 0.3 is 0 Å². The minimum absolute atomic E-state index is 0.0676. The smallest absolute Gasteiger partial charge is 0.276 e. The van der Waals surface area contributed by atoms with Crippen LogP contribution in [0.4, 0.5) is 0 Å². The first kappa shape index (κ1) is 13.7. The fourth-order valence-electron chi connectivity index (χ4n) is 2.02. The van der Waals surface area contributed by atoms with Crippen LogP contribution < -0.4 is 5.32 Å². The van der Waals surface area contributed by atoms with Crippen molar-refractivity contribution in [3.05, 3.63) is 23.2 Å². The molecule has 5 nitrogen and oxygen atoms in total. The van der Waals surface area contributed by atoms with Crippen molar-refractivity contribution < 1.29 is 4.79 Å². The SMILES string of the molecule is Cc1nn(C)cc1/C=C1/NC(=S)N(CC(C)C)C1=O. The first-order chi connectivity index (χ1) is 8.88. The molecule has 0 spiro atoms. The van der Waals surface area contributed by atoms with Crippen molar-refractivity contribution in [2.45, 2.75) is 20.8 Å². The van der Waals surface area contributed by atoms with Gasteiger partial charge in [-0.3, -0.25) is 14.4 Å². The first-order valence-corrected chi connectivity index (χ1v) is 6.64. The van der Waals surface area contributed by atoms with Crippen LogP contribution >= 0.6 is 12.2 Å². The lowest BCUT2D eigenvalue weighted by Gasteiger charge is -2.15. The fourth-order valence-corrected chi connectivity index (χ4v) is 2.29. The Kier molecular flexibility index (Phi) is 3.71. The Morgan fingerprint density at radius 2 is 2.21 bits per heavy atom. The maximum Gasteiger partial charge on any atom is 0.276 e. The molecule has 0 atom stereocenters. The number of carbonyl (C=O) groups is 1. The molecule has 1 saturated heterocycles. The normalized spacial score (nSPS) is 17.7. The van der Waals surface area contributed by atoms with Gasteiger partial charge in [-0.05, 0) is 31.1 Å². The van der Waals surface area contributed by atoms with Crippen LogP contribution in [0.15, 0.2) is 11.9 Å². The first-order valence-electron chi connectivity index (χ1n) is 6.23. The van der Waals surface area contributed by atoms with Crippen molar-refractivity contribution in [3.8, 4) is 0 Å². The molecule has 1 amide bonds. The third-order valence-corrected chi connectivity index (χ3v) is 3.18. The van der Waals surface area contributed by atoms with E-state index in [1.54, 1.807) is 15.7 Å². The molecule has 1 aliphatic heterocycles. The quantitative estimate of drug-likeness (QED) is 0.671. The Bertz CT molecular complexity index is 559. The van der Waals surface area contributed by atoms with Gasteiger partial charge in [0.1, 0.15) is 5.70 Å². The standard InChI is InChI=1S/C13H18N4OS/c1-8(2)6-17-12(18)11(14-13(17)19)5-10-7-16(4)15-9(10)3/h5,7-8H,6H2,1-4H3,(H,14,19)/b11-5+. The van der Waals surface area contributed by atoms with Gasteiger partial charge in [-0.25, -0.2) is 0 Å². The number of aryl methyl sites for hydroxylation is 2. The highest BCUT2D eigenvalue weighted by Crippen LogP contribution is 2.17. The number of rotatable bonds is 3. The van der Waals surface area contributed by atoms with Crippen molar-refractivity contribution in [2.24, 2.45) is 13.0 Å². The molecule has 102 valence electrons. The van der Waals surface area contributed by atoms with Crippen molar-refractivity contribution in [1.82, 2.24) is 20.0 Å². The maximum atomic E-state index is 12.3. The molecular formula is C13H18N4OS. The second-order valence-corrected chi connectivity index (χ2v) is 5.53. The lowest BCUT2D eigenvalue weighted by Crippen LogP contribution is -2.33. The number of carbonyl (C=O) groups excluding carboxylic acids is 1. The molecule has 0 saturated carbocycles. The van der Waals surface area contributed by atoms with Gasteiger partial charge in [-0.2, -0.15) is 5.10 Å². The van der Waals surface area contributed by atoms with E-state index in [9.17, 15) is 4.79 Å². The van der Waals surface area contributed by atoms with Gasteiger partial charge in [0.2, 0.25) is 0 Å². The highest BCUT2D eigenvalue weighted by molar-refractivity contribution is 7.80. The van der Waals surface area contributed by atoms with Crippen LogP contribution in [0.1, 0.15) is 25.1 Å². The van der Waals surface area contributed by atoms with Crippen molar-refractivity contribution in [3.63, 3.8) is 0 Å². The molecule has 1 N–H and O–H groups in total. The average Bonchev–Trinajstić information content (AvgIpc) is 2.74. The van der Waals surface area contributed by atoms with Crippen molar-refractivity contribution in [2.75, 3.05) is 6.54 Å². The van der Waals surface area contributed by atoms with E-state index in [2.05, 4.69) is 24.3 Å². The minimum atomic E-state index is -0.0676. The Labute approximate surface area is 118 Å². The third kappa shape index (κ3) is 2.84. The summed E-state index contributed by atoms with van der Waals surface area (Å²) in [5, 5.41) is 7.71. The molecule has 1 aromatic heterocycles. The average molecular weight is 278 g/mol. The fraction of sp³-hybridized carbons (Fsp3) is 0.462. The highest BCUT2D eigenvalue weighted by Gasteiger charge is 2.30. The maximum absolute atomic E-state index is 12.3. The van der Waals surface area contributed by atoms with Gasteiger partial charge in [0.25, 0.3) is 5.91 Å². The van der Waals surface area contributed by atoms with Crippen molar-refractivity contribution >= 4 is 29.3 Å². The molecule has 0 aliphatic carbocycles. The van der Waals surface area contributed by atoms with E-state index in [1.165, 1.54) is 0 Å². The highest BCUT2D eigenvalue weighted by atomic mass is 32.1. The predicted octanol–water partition coefficient (Wildman–Crippen LogP) is 1.44. The number of thiocarbonyl (C=S) groups is 1. The zero-order valence-corrected chi connectivity index (χ0v) is 12.4. The van der Waals surface area contributed by atoms with Gasteiger partial charge in [0.15, 0.2) is 5.11 Å². The number of amides is 1. The zero-order chi connectivity index (χ0) is 14.2. The minimum Gasteiger partial charge on any atom is -0.328 e. The van der Waals surface area contributed by atoms with Gasteiger partial charge in [-0.1, -0.05) is 13.8 Å². The molecule has 2 heterocycles. The Morgan fingerprint density at radius 3 is 2.74 bits per heavy atom. The van der Waals surface area contributed by atoms with E-state index in [1.807, 2.05) is 20.2 Å². The second kappa shape index (κ2) is 5.13. The molecule has 1 fully saturated rings. The Morgan fingerprint density at radius 1 is 1.53 bits per heavy atom. The molecule has 0 unspecified atom stereocenters. The summed E-state index contributed by atoms with van der Waals surface area (Å²) >= 11 is 5.20. The number of nitrogens with zero attached hydrogens (tertiary/aromatic N) is 3. The zero-order valence-electron chi connectivity index (χ0n) is 11.6. The molecule has 6 heteroatoms. The molecule has 1 aliphatic rings. The van der Waals surface area contributed by atoms with Gasteiger partial charge < -0.3 is 5.32 Å². The molecule has 0 radical (unpaired) electrons.